The van der Waals surface area contributed by atoms with E-state index in [4.69, 9.17) is 0 Å². The number of halogens is 1. The number of nitrogens with one attached hydrogen (secondary N) is 1. The van der Waals surface area contributed by atoms with E-state index in [2.05, 4.69) is 10.4 Å². The quantitative estimate of drug-likeness (QED) is 0.719. The molecule has 0 saturated heterocycles. The second-order valence-corrected chi connectivity index (χ2v) is 5.81. The van der Waals surface area contributed by atoms with Gasteiger partial charge in [0, 0.05) is 31.3 Å². The standard InChI is InChI=1S/C20H20FN3O/c21-19-10-5-4-9-17(19)18(16-7-2-1-3-8-16)15-20(25)22-12-14-24-13-6-11-23-24/h1-11,13,18H,12,14-15H2,(H,22,25)/t18-/m0/s1. The van der Waals surface area contributed by atoms with Crippen LogP contribution >= 0.6 is 0 Å². The molecular formula is C20H20FN3O. The van der Waals surface area contributed by atoms with Crippen molar-refractivity contribution in [3.05, 3.63) is 90.0 Å². The van der Waals surface area contributed by atoms with Gasteiger partial charge < -0.3 is 5.32 Å². The average molecular weight is 337 g/mol. The van der Waals surface area contributed by atoms with Gasteiger partial charge in [0.2, 0.25) is 5.91 Å². The molecule has 0 fully saturated rings. The predicted octanol–water partition coefficient (Wildman–Crippen LogP) is 3.36. The highest BCUT2D eigenvalue weighted by atomic mass is 19.1. The molecule has 128 valence electrons. The van der Waals surface area contributed by atoms with E-state index in [9.17, 15) is 9.18 Å². The number of hydrogen-bond acceptors (Lipinski definition) is 2. The third kappa shape index (κ3) is 4.53. The molecular weight excluding hydrogens is 317 g/mol. The van der Waals surface area contributed by atoms with Gasteiger partial charge >= 0.3 is 0 Å². The lowest BCUT2D eigenvalue weighted by molar-refractivity contribution is -0.121. The van der Waals surface area contributed by atoms with Crippen LogP contribution in [0.2, 0.25) is 0 Å². The Morgan fingerprint density at radius 1 is 1.08 bits per heavy atom. The van der Waals surface area contributed by atoms with Crippen molar-refractivity contribution >= 4 is 5.91 Å². The SMILES string of the molecule is O=C(C[C@@H](c1ccccc1)c1ccccc1F)NCCn1cccn1. The van der Waals surface area contributed by atoms with Crippen molar-refractivity contribution in [3.63, 3.8) is 0 Å². The van der Waals surface area contributed by atoms with E-state index in [-0.39, 0.29) is 24.1 Å². The number of hydrogen-bond donors (Lipinski definition) is 1. The number of benzene rings is 2. The fourth-order valence-corrected chi connectivity index (χ4v) is 2.85. The van der Waals surface area contributed by atoms with E-state index in [0.717, 1.165) is 5.56 Å². The minimum atomic E-state index is -0.313. The smallest absolute Gasteiger partial charge is 0.221 e. The van der Waals surface area contributed by atoms with Gasteiger partial charge in [0.1, 0.15) is 5.82 Å². The number of carbonyl (C=O) groups excluding carboxylic acids is 1. The Balaban J connectivity index is 1.69. The van der Waals surface area contributed by atoms with E-state index in [1.807, 2.05) is 42.6 Å². The first-order valence-corrected chi connectivity index (χ1v) is 8.27. The van der Waals surface area contributed by atoms with Gasteiger partial charge in [-0.1, -0.05) is 48.5 Å². The molecule has 4 nitrogen and oxygen atoms in total. The zero-order chi connectivity index (χ0) is 17.5. The Morgan fingerprint density at radius 3 is 2.56 bits per heavy atom. The minimum absolute atomic E-state index is 0.107. The highest BCUT2D eigenvalue weighted by Crippen LogP contribution is 2.29. The van der Waals surface area contributed by atoms with Gasteiger partial charge in [0.25, 0.3) is 0 Å². The Labute approximate surface area is 146 Å². The lowest BCUT2D eigenvalue weighted by Crippen LogP contribution is -2.29. The van der Waals surface area contributed by atoms with Crippen molar-refractivity contribution in [2.24, 2.45) is 0 Å². The minimum Gasteiger partial charge on any atom is -0.354 e. The van der Waals surface area contributed by atoms with Crippen LogP contribution in [0.15, 0.2) is 73.1 Å². The Bertz CT molecular complexity index is 803. The van der Waals surface area contributed by atoms with Gasteiger partial charge in [0.15, 0.2) is 0 Å². The van der Waals surface area contributed by atoms with Crippen LogP contribution in [0.5, 0.6) is 0 Å². The Morgan fingerprint density at radius 2 is 1.84 bits per heavy atom. The number of nitrogens with zero attached hydrogens (tertiary/aromatic N) is 2. The summed E-state index contributed by atoms with van der Waals surface area (Å²) >= 11 is 0. The Hall–Kier alpha value is -2.95. The van der Waals surface area contributed by atoms with Crippen LogP contribution in [0.3, 0.4) is 0 Å². The lowest BCUT2D eigenvalue weighted by Gasteiger charge is -2.18. The molecule has 1 N–H and O–H groups in total. The summed E-state index contributed by atoms with van der Waals surface area (Å²) in [5.74, 6) is -0.711. The first-order valence-electron chi connectivity index (χ1n) is 8.27. The molecule has 1 aromatic heterocycles. The van der Waals surface area contributed by atoms with Crippen molar-refractivity contribution < 1.29 is 9.18 Å². The second-order valence-electron chi connectivity index (χ2n) is 5.81. The van der Waals surface area contributed by atoms with Gasteiger partial charge in [-0.25, -0.2) is 4.39 Å². The van der Waals surface area contributed by atoms with Crippen molar-refractivity contribution in [3.8, 4) is 0 Å². The van der Waals surface area contributed by atoms with Crippen LogP contribution in [-0.4, -0.2) is 22.2 Å². The molecule has 0 aliphatic heterocycles. The average Bonchev–Trinajstić information content (AvgIpc) is 3.15. The molecule has 0 saturated carbocycles. The molecule has 1 atom stereocenters. The summed E-state index contributed by atoms with van der Waals surface area (Å²) in [5.41, 5.74) is 1.46. The number of aromatic nitrogens is 2. The summed E-state index contributed by atoms with van der Waals surface area (Å²) in [6.45, 7) is 1.09. The summed E-state index contributed by atoms with van der Waals surface area (Å²) < 4.78 is 16.0. The fraction of sp³-hybridized carbons (Fsp3) is 0.200. The lowest BCUT2D eigenvalue weighted by atomic mass is 9.88. The molecule has 0 radical (unpaired) electrons. The zero-order valence-electron chi connectivity index (χ0n) is 13.8. The maximum absolute atomic E-state index is 14.3. The van der Waals surface area contributed by atoms with Crippen LogP contribution in [0, 0.1) is 5.82 Å². The predicted molar refractivity (Wildman–Crippen MR) is 94.5 cm³/mol. The summed E-state index contributed by atoms with van der Waals surface area (Å²) in [4.78, 5) is 12.4. The number of rotatable bonds is 7. The van der Waals surface area contributed by atoms with E-state index in [1.54, 1.807) is 29.1 Å². The zero-order valence-corrected chi connectivity index (χ0v) is 13.8. The molecule has 0 bridgehead atoms. The summed E-state index contributed by atoms with van der Waals surface area (Å²) in [7, 11) is 0. The first-order chi connectivity index (χ1) is 12.2. The van der Waals surface area contributed by atoms with Gasteiger partial charge in [-0.15, -0.1) is 0 Å². The van der Waals surface area contributed by atoms with Crippen LogP contribution in [0.25, 0.3) is 0 Å². The monoisotopic (exact) mass is 337 g/mol. The Kier molecular flexibility index (Phi) is 5.57. The molecule has 0 aliphatic carbocycles. The van der Waals surface area contributed by atoms with E-state index < -0.39 is 0 Å². The highest BCUT2D eigenvalue weighted by Gasteiger charge is 2.20. The normalized spacial score (nSPS) is 11.9. The summed E-state index contributed by atoms with van der Waals surface area (Å²) in [6, 6.07) is 18.0. The molecule has 0 aliphatic rings. The van der Waals surface area contributed by atoms with Crippen LogP contribution in [-0.2, 0) is 11.3 Å². The fourth-order valence-electron chi connectivity index (χ4n) is 2.85. The maximum atomic E-state index is 14.3. The van der Waals surface area contributed by atoms with Crippen LogP contribution < -0.4 is 5.32 Å². The molecule has 0 spiro atoms. The van der Waals surface area contributed by atoms with Gasteiger partial charge in [-0.2, -0.15) is 5.10 Å². The third-order valence-electron chi connectivity index (χ3n) is 4.09. The van der Waals surface area contributed by atoms with Crippen molar-refractivity contribution in [1.82, 2.24) is 15.1 Å². The van der Waals surface area contributed by atoms with Crippen molar-refractivity contribution in [1.29, 1.82) is 0 Å². The summed E-state index contributed by atoms with van der Waals surface area (Å²) in [5, 5.41) is 6.98. The van der Waals surface area contributed by atoms with Gasteiger partial charge in [0.05, 0.1) is 6.54 Å². The van der Waals surface area contributed by atoms with Gasteiger partial charge in [-0.3, -0.25) is 9.48 Å². The third-order valence-corrected chi connectivity index (χ3v) is 4.09. The van der Waals surface area contributed by atoms with Crippen molar-refractivity contribution in [2.75, 3.05) is 6.54 Å². The molecule has 5 heteroatoms. The highest BCUT2D eigenvalue weighted by molar-refractivity contribution is 5.77. The molecule has 25 heavy (non-hydrogen) atoms. The maximum Gasteiger partial charge on any atom is 0.221 e. The molecule has 3 rings (SSSR count). The number of carbonyl (C=O) groups is 1. The van der Waals surface area contributed by atoms with Crippen molar-refractivity contribution in [2.45, 2.75) is 18.9 Å². The molecule has 0 unspecified atom stereocenters. The summed E-state index contributed by atoms with van der Waals surface area (Å²) in [6.07, 6.45) is 3.74. The number of amides is 1. The van der Waals surface area contributed by atoms with Gasteiger partial charge in [-0.05, 0) is 23.3 Å². The van der Waals surface area contributed by atoms with E-state index in [1.165, 1.54) is 6.07 Å². The molecule has 2 aromatic carbocycles. The van der Waals surface area contributed by atoms with Crippen LogP contribution in [0.4, 0.5) is 4.39 Å². The topological polar surface area (TPSA) is 46.9 Å². The van der Waals surface area contributed by atoms with Crippen LogP contribution in [0.1, 0.15) is 23.5 Å². The largest absolute Gasteiger partial charge is 0.354 e. The first kappa shape index (κ1) is 16.9. The van der Waals surface area contributed by atoms with E-state index in [0.29, 0.717) is 18.7 Å². The molecule has 1 amide bonds. The van der Waals surface area contributed by atoms with E-state index >= 15 is 0 Å². The second kappa shape index (κ2) is 8.24. The molecule has 1 heterocycles. The molecule has 3 aromatic rings.